The fourth-order valence-corrected chi connectivity index (χ4v) is 3.91. The minimum absolute atomic E-state index is 0.0715. The van der Waals surface area contributed by atoms with Gasteiger partial charge in [0.25, 0.3) is 5.91 Å². The summed E-state index contributed by atoms with van der Waals surface area (Å²) in [4.78, 5) is 41.2. The molecule has 4 amide bonds. The maximum Gasteiger partial charge on any atom is 0.344 e. The molecular weight excluding hydrogens is 430 g/mol. The summed E-state index contributed by atoms with van der Waals surface area (Å²) in [6.07, 6.45) is 3.77. The summed E-state index contributed by atoms with van der Waals surface area (Å²) in [5.74, 6) is -0.489. The molecule has 10 nitrogen and oxygen atoms in total. The van der Waals surface area contributed by atoms with E-state index >= 15 is 0 Å². The van der Waals surface area contributed by atoms with Crippen LogP contribution in [0.15, 0.2) is 60.0 Å². The standard InChI is InChI=1S/C21H21N7O3S/c1-3-21(2)18(30)28(19(31)23-21)26-16(29)13-32-20-25-24-17(14-8-7-11-22-12-14)27(20)15-9-5-4-6-10-15/h4-12H,3,13H2,1-2H3,(H,23,31)(H,26,29). The summed E-state index contributed by atoms with van der Waals surface area (Å²) >= 11 is 1.14. The van der Waals surface area contributed by atoms with Gasteiger partial charge in [0.05, 0.1) is 5.75 Å². The van der Waals surface area contributed by atoms with Crippen LogP contribution in [-0.4, -0.2) is 53.9 Å². The minimum atomic E-state index is -1.02. The number of hydrogen-bond acceptors (Lipinski definition) is 7. The van der Waals surface area contributed by atoms with Crippen LogP contribution in [0.3, 0.4) is 0 Å². The number of pyridine rings is 1. The third-order valence-electron chi connectivity index (χ3n) is 5.10. The van der Waals surface area contributed by atoms with Crippen molar-refractivity contribution < 1.29 is 14.4 Å². The monoisotopic (exact) mass is 451 g/mol. The third-order valence-corrected chi connectivity index (χ3v) is 6.03. The van der Waals surface area contributed by atoms with Crippen LogP contribution in [0, 0.1) is 0 Å². The Labute approximate surface area is 188 Å². The Balaban J connectivity index is 1.53. The number of urea groups is 1. The van der Waals surface area contributed by atoms with E-state index in [4.69, 9.17) is 0 Å². The Kier molecular flexibility index (Phi) is 5.91. The van der Waals surface area contributed by atoms with Crippen LogP contribution in [0.4, 0.5) is 4.79 Å². The second kappa shape index (κ2) is 8.79. The van der Waals surface area contributed by atoms with Crippen LogP contribution in [-0.2, 0) is 9.59 Å². The van der Waals surface area contributed by atoms with E-state index in [1.807, 2.05) is 47.0 Å². The molecule has 3 aromatic rings. The van der Waals surface area contributed by atoms with E-state index < -0.39 is 23.4 Å². The SMILES string of the molecule is CCC1(C)NC(=O)N(NC(=O)CSc2nnc(-c3cccnc3)n2-c2ccccc2)C1=O. The summed E-state index contributed by atoms with van der Waals surface area (Å²) in [6.45, 7) is 3.41. The summed E-state index contributed by atoms with van der Waals surface area (Å²) in [5, 5.41) is 12.4. The van der Waals surface area contributed by atoms with Crippen molar-refractivity contribution in [1.29, 1.82) is 0 Å². The van der Waals surface area contributed by atoms with Gasteiger partial charge in [0, 0.05) is 23.6 Å². The zero-order valence-electron chi connectivity index (χ0n) is 17.5. The quantitative estimate of drug-likeness (QED) is 0.417. The van der Waals surface area contributed by atoms with Crippen molar-refractivity contribution in [2.24, 2.45) is 0 Å². The van der Waals surface area contributed by atoms with Gasteiger partial charge in [-0.05, 0) is 37.6 Å². The van der Waals surface area contributed by atoms with Crippen LogP contribution >= 0.6 is 11.8 Å². The van der Waals surface area contributed by atoms with E-state index in [2.05, 4.69) is 25.9 Å². The second-order valence-electron chi connectivity index (χ2n) is 7.30. The van der Waals surface area contributed by atoms with E-state index in [1.54, 1.807) is 26.2 Å². The van der Waals surface area contributed by atoms with Crippen molar-refractivity contribution in [3.05, 3.63) is 54.9 Å². The Morgan fingerprint density at radius 3 is 2.59 bits per heavy atom. The van der Waals surface area contributed by atoms with E-state index in [-0.39, 0.29) is 5.75 Å². The highest BCUT2D eigenvalue weighted by Gasteiger charge is 2.47. The summed E-state index contributed by atoms with van der Waals surface area (Å²) in [6, 6.07) is 12.5. The highest BCUT2D eigenvalue weighted by molar-refractivity contribution is 7.99. The van der Waals surface area contributed by atoms with Gasteiger partial charge in [-0.1, -0.05) is 36.9 Å². The smallest absolute Gasteiger partial charge is 0.322 e. The van der Waals surface area contributed by atoms with Gasteiger partial charge >= 0.3 is 6.03 Å². The lowest BCUT2D eigenvalue weighted by atomic mass is 10.00. The fourth-order valence-electron chi connectivity index (χ4n) is 3.17. The molecule has 1 aliphatic rings. The topological polar surface area (TPSA) is 122 Å². The number of aromatic nitrogens is 4. The van der Waals surface area contributed by atoms with Gasteiger partial charge in [-0.3, -0.25) is 24.6 Å². The van der Waals surface area contributed by atoms with E-state index in [0.29, 0.717) is 17.4 Å². The number of thioether (sulfide) groups is 1. The van der Waals surface area contributed by atoms with Gasteiger partial charge in [-0.25, -0.2) is 4.79 Å². The molecule has 1 saturated heterocycles. The van der Waals surface area contributed by atoms with Crippen molar-refractivity contribution in [1.82, 2.24) is 35.5 Å². The molecule has 0 radical (unpaired) electrons. The molecule has 3 heterocycles. The van der Waals surface area contributed by atoms with E-state index in [9.17, 15) is 14.4 Å². The summed E-state index contributed by atoms with van der Waals surface area (Å²) in [7, 11) is 0. The molecule has 2 aromatic heterocycles. The molecule has 1 unspecified atom stereocenters. The highest BCUT2D eigenvalue weighted by atomic mass is 32.2. The average molecular weight is 452 g/mol. The van der Waals surface area contributed by atoms with Gasteiger partial charge in [-0.15, -0.1) is 10.2 Å². The van der Waals surface area contributed by atoms with E-state index in [1.165, 1.54) is 0 Å². The zero-order valence-corrected chi connectivity index (χ0v) is 18.3. The molecule has 0 aliphatic carbocycles. The van der Waals surface area contributed by atoms with Gasteiger partial charge < -0.3 is 5.32 Å². The van der Waals surface area contributed by atoms with Crippen LogP contribution in [0.1, 0.15) is 20.3 Å². The van der Waals surface area contributed by atoms with Gasteiger partial charge in [-0.2, -0.15) is 5.01 Å². The number of nitrogens with zero attached hydrogens (tertiary/aromatic N) is 5. The average Bonchev–Trinajstić information content (AvgIpc) is 3.34. The lowest BCUT2D eigenvalue weighted by molar-refractivity contribution is -0.137. The number of para-hydroxylation sites is 1. The molecule has 164 valence electrons. The Bertz CT molecular complexity index is 1150. The molecule has 0 saturated carbocycles. The molecular formula is C21H21N7O3S. The van der Waals surface area contributed by atoms with Gasteiger partial charge in [0.2, 0.25) is 5.91 Å². The molecule has 1 aromatic carbocycles. The van der Waals surface area contributed by atoms with Crippen LogP contribution in [0.5, 0.6) is 0 Å². The second-order valence-corrected chi connectivity index (χ2v) is 8.24. The first kappa shape index (κ1) is 21.5. The number of imide groups is 1. The summed E-state index contributed by atoms with van der Waals surface area (Å²) < 4.78 is 1.83. The number of carbonyl (C=O) groups excluding carboxylic acids is 3. The molecule has 11 heteroatoms. The van der Waals surface area contributed by atoms with Crippen molar-refractivity contribution in [3.63, 3.8) is 0 Å². The number of carbonyl (C=O) groups is 3. The van der Waals surface area contributed by atoms with Crippen LogP contribution < -0.4 is 10.7 Å². The fraction of sp³-hybridized carbons (Fsp3) is 0.238. The molecule has 1 atom stereocenters. The number of rotatable bonds is 7. The van der Waals surface area contributed by atoms with Gasteiger partial charge in [0.1, 0.15) is 5.54 Å². The minimum Gasteiger partial charge on any atom is -0.322 e. The third kappa shape index (κ3) is 4.06. The Morgan fingerprint density at radius 2 is 1.94 bits per heavy atom. The molecule has 32 heavy (non-hydrogen) atoms. The number of hydrazine groups is 1. The Morgan fingerprint density at radius 1 is 1.16 bits per heavy atom. The molecule has 1 aliphatic heterocycles. The highest BCUT2D eigenvalue weighted by Crippen LogP contribution is 2.27. The predicted molar refractivity (Wildman–Crippen MR) is 118 cm³/mol. The number of hydrogen-bond donors (Lipinski definition) is 2. The molecule has 4 rings (SSSR count). The maximum absolute atomic E-state index is 12.5. The Hall–Kier alpha value is -3.73. The molecule has 1 fully saturated rings. The lowest BCUT2D eigenvalue weighted by Crippen LogP contribution is -2.49. The lowest BCUT2D eigenvalue weighted by Gasteiger charge is -2.19. The van der Waals surface area contributed by atoms with Crippen molar-refractivity contribution >= 4 is 29.6 Å². The largest absolute Gasteiger partial charge is 0.344 e. The normalized spacial score (nSPS) is 18.0. The number of benzene rings is 1. The number of nitrogens with one attached hydrogen (secondary N) is 2. The first-order valence-corrected chi connectivity index (χ1v) is 10.9. The summed E-state index contributed by atoms with van der Waals surface area (Å²) in [5.41, 5.74) is 2.96. The van der Waals surface area contributed by atoms with Crippen molar-refractivity contribution in [2.75, 3.05) is 5.75 Å². The molecule has 2 N–H and O–H groups in total. The first-order chi connectivity index (χ1) is 15.4. The zero-order chi connectivity index (χ0) is 22.7. The van der Waals surface area contributed by atoms with Crippen LogP contribution in [0.2, 0.25) is 0 Å². The maximum atomic E-state index is 12.5. The first-order valence-electron chi connectivity index (χ1n) is 9.93. The predicted octanol–water partition coefficient (Wildman–Crippen LogP) is 2.17. The molecule has 0 bridgehead atoms. The van der Waals surface area contributed by atoms with E-state index in [0.717, 1.165) is 28.0 Å². The van der Waals surface area contributed by atoms with Crippen LogP contribution in [0.25, 0.3) is 17.1 Å². The van der Waals surface area contributed by atoms with Crippen molar-refractivity contribution in [3.8, 4) is 17.1 Å². The number of amides is 4. The molecule has 0 spiro atoms. The van der Waals surface area contributed by atoms with Gasteiger partial charge in [0.15, 0.2) is 11.0 Å². The van der Waals surface area contributed by atoms with Crippen molar-refractivity contribution in [2.45, 2.75) is 31.0 Å².